The molecule has 0 spiro atoms. The average molecular weight is 314 g/mol. The van der Waals surface area contributed by atoms with Crippen LogP contribution >= 0.6 is 34.3 Å². The lowest BCUT2D eigenvalue weighted by Crippen LogP contribution is -2.15. The quantitative estimate of drug-likeness (QED) is 0.758. The molecule has 19 heavy (non-hydrogen) atoms. The van der Waals surface area contributed by atoms with E-state index >= 15 is 0 Å². The van der Waals surface area contributed by atoms with E-state index in [2.05, 4.69) is 44.3 Å². The predicted octanol–water partition coefficient (Wildman–Crippen LogP) is 5.09. The molecule has 2 heterocycles. The monoisotopic (exact) mass is 313 g/mol. The Morgan fingerprint density at radius 3 is 2.37 bits per heavy atom. The zero-order valence-electron chi connectivity index (χ0n) is 11.6. The van der Waals surface area contributed by atoms with Gasteiger partial charge in [-0.1, -0.05) is 32.4 Å². The topological polar surface area (TPSA) is 12.0 Å². The van der Waals surface area contributed by atoms with Crippen molar-refractivity contribution in [1.82, 2.24) is 5.32 Å². The molecular formula is C15H20ClNS2. The molecule has 0 bridgehead atoms. The van der Waals surface area contributed by atoms with Crippen molar-refractivity contribution in [2.45, 2.75) is 39.2 Å². The van der Waals surface area contributed by atoms with Crippen LogP contribution in [0.15, 0.2) is 24.3 Å². The summed E-state index contributed by atoms with van der Waals surface area (Å²) in [5, 5.41) is 3.50. The lowest BCUT2D eigenvalue weighted by atomic mass is 9.95. The van der Waals surface area contributed by atoms with Crippen LogP contribution in [0.2, 0.25) is 4.34 Å². The molecule has 1 N–H and O–H groups in total. The van der Waals surface area contributed by atoms with Gasteiger partial charge in [0.1, 0.15) is 0 Å². The summed E-state index contributed by atoms with van der Waals surface area (Å²) in [6, 6.07) is 8.56. The summed E-state index contributed by atoms with van der Waals surface area (Å²) in [4.78, 5) is 4.21. The van der Waals surface area contributed by atoms with Gasteiger partial charge in [0.25, 0.3) is 0 Å². The summed E-state index contributed by atoms with van der Waals surface area (Å²) in [5.74, 6) is 0. The Kier molecular flexibility index (Phi) is 5.07. The fraction of sp³-hybridized carbons (Fsp3) is 0.467. The van der Waals surface area contributed by atoms with Gasteiger partial charge in [0.15, 0.2) is 0 Å². The van der Waals surface area contributed by atoms with E-state index in [1.807, 2.05) is 17.4 Å². The molecule has 104 valence electrons. The Morgan fingerprint density at radius 1 is 1.05 bits per heavy atom. The second-order valence-electron chi connectivity index (χ2n) is 5.65. The SMILES string of the molecule is CC(C)(C)c1ccc(CNCCc2ccc(Cl)s2)s1. The smallest absolute Gasteiger partial charge is 0.0931 e. The van der Waals surface area contributed by atoms with Crippen LogP contribution in [0.5, 0.6) is 0 Å². The van der Waals surface area contributed by atoms with Gasteiger partial charge in [-0.05, 0) is 36.1 Å². The fourth-order valence-corrected chi connectivity index (χ4v) is 3.91. The number of halogens is 1. The molecule has 0 radical (unpaired) electrons. The van der Waals surface area contributed by atoms with Crippen LogP contribution < -0.4 is 5.32 Å². The summed E-state index contributed by atoms with van der Waals surface area (Å²) in [6.07, 6.45) is 1.05. The highest BCUT2D eigenvalue weighted by molar-refractivity contribution is 7.16. The van der Waals surface area contributed by atoms with E-state index in [1.165, 1.54) is 14.6 Å². The van der Waals surface area contributed by atoms with Gasteiger partial charge in [-0.25, -0.2) is 0 Å². The minimum atomic E-state index is 0.261. The minimum Gasteiger partial charge on any atom is -0.311 e. The maximum absolute atomic E-state index is 5.91. The van der Waals surface area contributed by atoms with E-state index in [9.17, 15) is 0 Å². The van der Waals surface area contributed by atoms with Gasteiger partial charge in [0.2, 0.25) is 0 Å². The second-order valence-corrected chi connectivity index (χ2v) is 8.62. The van der Waals surface area contributed by atoms with Gasteiger partial charge >= 0.3 is 0 Å². The van der Waals surface area contributed by atoms with E-state index in [-0.39, 0.29) is 5.41 Å². The predicted molar refractivity (Wildman–Crippen MR) is 87.8 cm³/mol. The Bertz CT molecular complexity index is 522. The van der Waals surface area contributed by atoms with Crippen molar-refractivity contribution in [2.75, 3.05) is 6.54 Å². The van der Waals surface area contributed by atoms with Crippen molar-refractivity contribution < 1.29 is 0 Å². The van der Waals surface area contributed by atoms with Crippen LogP contribution in [0.4, 0.5) is 0 Å². The Balaban J connectivity index is 1.75. The summed E-state index contributed by atoms with van der Waals surface area (Å²) < 4.78 is 0.878. The van der Waals surface area contributed by atoms with E-state index < -0.39 is 0 Å². The molecule has 2 aromatic rings. The number of thiophene rings is 2. The number of hydrogen-bond donors (Lipinski definition) is 1. The third-order valence-corrected chi connectivity index (χ3v) is 5.68. The molecular weight excluding hydrogens is 294 g/mol. The third-order valence-electron chi connectivity index (χ3n) is 2.88. The van der Waals surface area contributed by atoms with Crippen molar-refractivity contribution >= 4 is 34.3 Å². The van der Waals surface area contributed by atoms with Crippen LogP contribution in [0.3, 0.4) is 0 Å². The zero-order chi connectivity index (χ0) is 13.9. The third kappa shape index (κ3) is 4.60. The summed E-state index contributed by atoms with van der Waals surface area (Å²) in [6.45, 7) is 8.74. The Labute approximate surface area is 128 Å². The molecule has 0 aliphatic rings. The molecule has 2 aromatic heterocycles. The highest BCUT2D eigenvalue weighted by Crippen LogP contribution is 2.29. The molecule has 0 saturated heterocycles. The van der Waals surface area contributed by atoms with Crippen LogP contribution in [0.1, 0.15) is 35.4 Å². The van der Waals surface area contributed by atoms with Crippen LogP contribution in [-0.2, 0) is 18.4 Å². The van der Waals surface area contributed by atoms with Crippen LogP contribution in [-0.4, -0.2) is 6.54 Å². The van der Waals surface area contributed by atoms with E-state index in [0.29, 0.717) is 0 Å². The Hall–Kier alpha value is -0.350. The second kappa shape index (κ2) is 6.40. The van der Waals surface area contributed by atoms with Crippen LogP contribution in [0.25, 0.3) is 0 Å². The van der Waals surface area contributed by atoms with Gasteiger partial charge in [-0.3, -0.25) is 0 Å². The standard InChI is InChI=1S/C15H20ClNS2/c1-15(2,3)13-6-4-12(18-13)10-17-9-8-11-5-7-14(16)19-11/h4-7,17H,8-10H2,1-3H3. The molecule has 0 aliphatic heterocycles. The van der Waals surface area contributed by atoms with Gasteiger partial charge < -0.3 is 5.32 Å². The number of rotatable bonds is 5. The molecule has 0 saturated carbocycles. The molecule has 0 atom stereocenters. The van der Waals surface area contributed by atoms with Crippen molar-refractivity contribution in [3.8, 4) is 0 Å². The molecule has 2 rings (SSSR count). The van der Waals surface area contributed by atoms with Gasteiger partial charge in [0, 0.05) is 27.7 Å². The van der Waals surface area contributed by atoms with Crippen LogP contribution in [0, 0.1) is 0 Å². The Morgan fingerprint density at radius 2 is 1.79 bits per heavy atom. The summed E-state index contributed by atoms with van der Waals surface area (Å²) in [5.41, 5.74) is 0.261. The molecule has 0 unspecified atom stereocenters. The molecule has 0 fully saturated rings. The largest absolute Gasteiger partial charge is 0.311 e. The minimum absolute atomic E-state index is 0.261. The molecule has 0 aromatic carbocycles. The average Bonchev–Trinajstić information content (AvgIpc) is 2.93. The lowest BCUT2D eigenvalue weighted by Gasteiger charge is -2.15. The summed E-state index contributed by atoms with van der Waals surface area (Å²) >= 11 is 9.49. The van der Waals surface area contributed by atoms with Gasteiger partial charge in [-0.15, -0.1) is 22.7 Å². The first-order valence-corrected chi connectivity index (χ1v) is 8.50. The van der Waals surface area contributed by atoms with Gasteiger partial charge in [-0.2, -0.15) is 0 Å². The van der Waals surface area contributed by atoms with Crippen molar-refractivity contribution in [2.24, 2.45) is 0 Å². The van der Waals surface area contributed by atoms with E-state index in [1.54, 1.807) is 11.3 Å². The molecule has 0 amide bonds. The summed E-state index contributed by atoms with van der Waals surface area (Å²) in [7, 11) is 0. The highest BCUT2D eigenvalue weighted by atomic mass is 35.5. The first-order valence-electron chi connectivity index (χ1n) is 6.49. The molecule has 0 aliphatic carbocycles. The van der Waals surface area contributed by atoms with Gasteiger partial charge in [0.05, 0.1) is 4.34 Å². The van der Waals surface area contributed by atoms with Crippen molar-refractivity contribution in [3.05, 3.63) is 43.2 Å². The van der Waals surface area contributed by atoms with E-state index in [0.717, 1.165) is 23.8 Å². The normalized spacial score (nSPS) is 12.0. The highest BCUT2D eigenvalue weighted by Gasteiger charge is 2.15. The number of hydrogen-bond acceptors (Lipinski definition) is 3. The van der Waals surface area contributed by atoms with E-state index in [4.69, 9.17) is 11.6 Å². The molecule has 1 nitrogen and oxygen atoms in total. The fourth-order valence-electron chi connectivity index (χ4n) is 1.79. The first kappa shape index (κ1) is 15.0. The molecule has 4 heteroatoms. The van der Waals surface area contributed by atoms with Crippen molar-refractivity contribution in [1.29, 1.82) is 0 Å². The van der Waals surface area contributed by atoms with Crippen molar-refractivity contribution in [3.63, 3.8) is 0 Å². The number of nitrogens with one attached hydrogen (secondary N) is 1. The zero-order valence-corrected chi connectivity index (χ0v) is 14.0. The maximum atomic E-state index is 5.91. The first-order chi connectivity index (χ1) is 8.95. The maximum Gasteiger partial charge on any atom is 0.0931 e. The lowest BCUT2D eigenvalue weighted by molar-refractivity contribution is 0.604.